The van der Waals surface area contributed by atoms with Crippen LogP contribution in [0.5, 0.6) is 0 Å². The molecule has 0 fully saturated rings. The molecule has 0 amide bonds. The third kappa shape index (κ3) is 4.78. The fourth-order valence-electron chi connectivity index (χ4n) is 1.97. The van der Waals surface area contributed by atoms with E-state index in [1.54, 1.807) is 0 Å². The summed E-state index contributed by atoms with van der Waals surface area (Å²) in [5.74, 6) is 0. The van der Waals surface area contributed by atoms with Crippen molar-refractivity contribution < 1.29 is 4.74 Å². The van der Waals surface area contributed by atoms with E-state index in [9.17, 15) is 0 Å². The summed E-state index contributed by atoms with van der Waals surface area (Å²) in [5, 5.41) is 0. The van der Waals surface area contributed by atoms with Crippen LogP contribution >= 0.6 is 15.9 Å². The third-order valence-corrected chi connectivity index (χ3v) is 3.62. The second kappa shape index (κ2) is 7.85. The van der Waals surface area contributed by atoms with Crippen molar-refractivity contribution in [3.05, 3.63) is 34.3 Å². The van der Waals surface area contributed by atoms with E-state index in [1.165, 1.54) is 5.56 Å². The second-order valence-corrected chi connectivity index (χ2v) is 5.10. The predicted octanol–water partition coefficient (Wildman–Crippen LogP) is 3.52. The van der Waals surface area contributed by atoms with Crippen molar-refractivity contribution in [1.82, 2.24) is 0 Å². The van der Waals surface area contributed by atoms with E-state index in [0.717, 1.165) is 30.3 Å². The van der Waals surface area contributed by atoms with Gasteiger partial charge < -0.3 is 10.5 Å². The Balaban J connectivity index is 2.62. The molecule has 0 radical (unpaired) electrons. The van der Waals surface area contributed by atoms with Gasteiger partial charge in [-0.2, -0.15) is 0 Å². The molecular weight excluding hydrogens is 278 g/mol. The minimum Gasteiger partial charge on any atom is -0.377 e. The third-order valence-electron chi connectivity index (χ3n) is 2.84. The molecule has 2 N–H and O–H groups in total. The van der Waals surface area contributed by atoms with Gasteiger partial charge in [-0.15, -0.1) is 0 Å². The molecule has 0 spiro atoms. The molecule has 0 saturated heterocycles. The van der Waals surface area contributed by atoms with Gasteiger partial charge in [0.15, 0.2) is 0 Å². The van der Waals surface area contributed by atoms with Crippen LogP contribution in [-0.2, 0) is 11.2 Å². The SMILES string of the molecule is CCCC(OCC)C(N)Cc1ccccc1Br. The second-order valence-electron chi connectivity index (χ2n) is 4.24. The highest BCUT2D eigenvalue weighted by molar-refractivity contribution is 9.10. The highest BCUT2D eigenvalue weighted by atomic mass is 79.9. The highest BCUT2D eigenvalue weighted by Crippen LogP contribution is 2.19. The molecule has 0 bridgehead atoms. The van der Waals surface area contributed by atoms with Gasteiger partial charge in [-0.1, -0.05) is 47.5 Å². The van der Waals surface area contributed by atoms with Gasteiger partial charge in [0.2, 0.25) is 0 Å². The van der Waals surface area contributed by atoms with Gasteiger partial charge in [-0.25, -0.2) is 0 Å². The summed E-state index contributed by atoms with van der Waals surface area (Å²) in [6.45, 7) is 4.92. The van der Waals surface area contributed by atoms with E-state index >= 15 is 0 Å². The quantitative estimate of drug-likeness (QED) is 0.836. The molecule has 1 rings (SSSR count). The molecule has 3 heteroatoms. The molecule has 0 aromatic heterocycles. The molecule has 1 aromatic carbocycles. The number of ether oxygens (including phenoxy) is 1. The lowest BCUT2D eigenvalue weighted by Gasteiger charge is -2.23. The van der Waals surface area contributed by atoms with Crippen molar-refractivity contribution in [1.29, 1.82) is 0 Å². The maximum absolute atomic E-state index is 6.25. The van der Waals surface area contributed by atoms with Crippen LogP contribution in [0, 0.1) is 0 Å². The maximum Gasteiger partial charge on any atom is 0.0728 e. The van der Waals surface area contributed by atoms with Crippen LogP contribution < -0.4 is 5.73 Å². The summed E-state index contributed by atoms with van der Waals surface area (Å²) >= 11 is 3.56. The first kappa shape index (κ1) is 14.7. The molecule has 1 aromatic rings. The van der Waals surface area contributed by atoms with Gasteiger partial charge in [0.05, 0.1) is 6.10 Å². The van der Waals surface area contributed by atoms with Crippen LogP contribution in [-0.4, -0.2) is 18.8 Å². The summed E-state index contributed by atoms with van der Waals surface area (Å²) < 4.78 is 6.84. The summed E-state index contributed by atoms with van der Waals surface area (Å²) in [4.78, 5) is 0. The molecule has 2 unspecified atom stereocenters. The molecule has 17 heavy (non-hydrogen) atoms. The summed E-state index contributed by atoms with van der Waals surface area (Å²) in [5.41, 5.74) is 7.50. The van der Waals surface area contributed by atoms with Crippen LogP contribution in [0.3, 0.4) is 0 Å². The Morgan fingerprint density at radius 2 is 2.00 bits per heavy atom. The van der Waals surface area contributed by atoms with Crippen LogP contribution in [0.25, 0.3) is 0 Å². The first-order chi connectivity index (χ1) is 8.19. The molecular formula is C14H22BrNO. The zero-order valence-corrected chi connectivity index (χ0v) is 12.2. The minimum atomic E-state index is 0.0635. The van der Waals surface area contributed by atoms with Crippen molar-refractivity contribution in [2.75, 3.05) is 6.61 Å². The number of benzene rings is 1. The van der Waals surface area contributed by atoms with E-state index < -0.39 is 0 Å². The van der Waals surface area contributed by atoms with Gasteiger partial charge in [0.1, 0.15) is 0 Å². The topological polar surface area (TPSA) is 35.2 Å². The summed E-state index contributed by atoms with van der Waals surface area (Å²) in [6, 6.07) is 8.29. The molecule has 2 atom stereocenters. The molecule has 96 valence electrons. The number of halogens is 1. The minimum absolute atomic E-state index is 0.0635. The Bertz CT molecular complexity index is 324. The van der Waals surface area contributed by atoms with Crippen LogP contribution in [0.4, 0.5) is 0 Å². The number of hydrogen-bond acceptors (Lipinski definition) is 2. The van der Waals surface area contributed by atoms with Gasteiger partial charge in [0.25, 0.3) is 0 Å². The number of rotatable bonds is 7. The van der Waals surface area contributed by atoms with E-state index in [1.807, 2.05) is 19.1 Å². The highest BCUT2D eigenvalue weighted by Gasteiger charge is 2.18. The van der Waals surface area contributed by atoms with E-state index in [4.69, 9.17) is 10.5 Å². The average Bonchev–Trinajstić information content (AvgIpc) is 2.32. The lowest BCUT2D eigenvalue weighted by atomic mass is 9.99. The number of nitrogens with two attached hydrogens (primary N) is 1. The van der Waals surface area contributed by atoms with E-state index in [2.05, 4.69) is 35.0 Å². The normalized spacial score (nSPS) is 14.6. The van der Waals surface area contributed by atoms with Crippen molar-refractivity contribution in [3.63, 3.8) is 0 Å². The zero-order valence-electron chi connectivity index (χ0n) is 10.7. The van der Waals surface area contributed by atoms with Gasteiger partial charge in [-0.05, 0) is 31.4 Å². The maximum atomic E-state index is 6.25. The Hall–Kier alpha value is -0.380. The lowest BCUT2D eigenvalue weighted by Crippen LogP contribution is -2.38. The van der Waals surface area contributed by atoms with E-state index in [0.29, 0.717) is 0 Å². The Kier molecular flexibility index (Phi) is 6.78. The van der Waals surface area contributed by atoms with Crippen molar-refractivity contribution >= 4 is 15.9 Å². The molecule has 0 aliphatic rings. The van der Waals surface area contributed by atoms with Crippen molar-refractivity contribution in [2.45, 2.75) is 45.3 Å². The molecule has 2 nitrogen and oxygen atoms in total. The zero-order chi connectivity index (χ0) is 12.7. The fourth-order valence-corrected chi connectivity index (χ4v) is 2.42. The van der Waals surface area contributed by atoms with E-state index in [-0.39, 0.29) is 12.1 Å². The van der Waals surface area contributed by atoms with Gasteiger partial charge in [0, 0.05) is 17.1 Å². The lowest BCUT2D eigenvalue weighted by molar-refractivity contribution is 0.0378. The Labute approximate surface area is 113 Å². The Morgan fingerprint density at radius 3 is 2.59 bits per heavy atom. The standard InChI is InChI=1S/C14H22BrNO/c1-3-7-14(17-4-2)13(16)10-11-8-5-6-9-12(11)15/h5-6,8-9,13-14H,3-4,7,10,16H2,1-2H3. The van der Waals surface area contributed by atoms with Crippen LogP contribution in [0.1, 0.15) is 32.3 Å². The smallest absolute Gasteiger partial charge is 0.0728 e. The predicted molar refractivity (Wildman–Crippen MR) is 76.1 cm³/mol. The molecule has 0 aliphatic heterocycles. The average molecular weight is 300 g/mol. The van der Waals surface area contributed by atoms with Crippen LogP contribution in [0.2, 0.25) is 0 Å². The monoisotopic (exact) mass is 299 g/mol. The Morgan fingerprint density at radius 1 is 1.29 bits per heavy atom. The van der Waals surface area contributed by atoms with Gasteiger partial charge in [-0.3, -0.25) is 0 Å². The summed E-state index contributed by atoms with van der Waals surface area (Å²) in [6.07, 6.45) is 3.15. The molecule has 0 saturated carbocycles. The first-order valence-corrected chi connectivity index (χ1v) is 7.08. The first-order valence-electron chi connectivity index (χ1n) is 6.29. The van der Waals surface area contributed by atoms with Gasteiger partial charge >= 0.3 is 0 Å². The van der Waals surface area contributed by atoms with Crippen molar-refractivity contribution in [3.8, 4) is 0 Å². The fraction of sp³-hybridized carbons (Fsp3) is 0.571. The number of hydrogen-bond donors (Lipinski definition) is 1. The largest absolute Gasteiger partial charge is 0.377 e. The summed E-state index contributed by atoms with van der Waals surface area (Å²) in [7, 11) is 0. The van der Waals surface area contributed by atoms with Crippen LogP contribution in [0.15, 0.2) is 28.7 Å². The molecule has 0 heterocycles. The van der Waals surface area contributed by atoms with Crippen molar-refractivity contribution in [2.24, 2.45) is 5.73 Å². The molecule has 0 aliphatic carbocycles.